The average Bonchev–Trinajstić information content (AvgIpc) is 2.77. The molecule has 3 nitrogen and oxygen atoms in total. The minimum absolute atomic E-state index is 0.284. The molecular weight excluding hydrogens is 238 g/mol. The van der Waals surface area contributed by atoms with Crippen LogP contribution >= 0.6 is 0 Å². The normalized spacial score (nSPS) is 16.2. The Morgan fingerprint density at radius 2 is 1.63 bits per heavy atom. The van der Waals surface area contributed by atoms with Gasteiger partial charge in [-0.3, -0.25) is 4.98 Å². The van der Waals surface area contributed by atoms with Crippen molar-refractivity contribution in [3.05, 3.63) is 66.4 Å². The van der Waals surface area contributed by atoms with E-state index < -0.39 is 0 Å². The van der Waals surface area contributed by atoms with E-state index in [0.29, 0.717) is 13.2 Å². The standard InChI is InChI=1S/C16H15NO2/c1-2-10-17-15(5-1)13-6-8-14(9-7-13)16-18-11-3-4-12-19-16/h1-10,16H,11-12H2. The lowest BCUT2D eigenvalue weighted by atomic mass is 10.1. The molecule has 0 aliphatic carbocycles. The van der Waals surface area contributed by atoms with Gasteiger partial charge in [-0.15, -0.1) is 0 Å². The summed E-state index contributed by atoms with van der Waals surface area (Å²) in [5.74, 6) is 0. The molecule has 0 fully saturated rings. The van der Waals surface area contributed by atoms with Crippen molar-refractivity contribution in [2.45, 2.75) is 6.29 Å². The van der Waals surface area contributed by atoms with Crippen LogP contribution in [0.3, 0.4) is 0 Å². The quantitative estimate of drug-likeness (QED) is 0.769. The van der Waals surface area contributed by atoms with E-state index in [1.54, 1.807) is 6.20 Å². The second kappa shape index (κ2) is 5.78. The monoisotopic (exact) mass is 253 g/mol. The van der Waals surface area contributed by atoms with Crippen molar-refractivity contribution in [1.82, 2.24) is 4.98 Å². The van der Waals surface area contributed by atoms with Crippen LogP contribution < -0.4 is 0 Å². The van der Waals surface area contributed by atoms with Crippen LogP contribution in [-0.4, -0.2) is 18.2 Å². The summed E-state index contributed by atoms with van der Waals surface area (Å²) < 4.78 is 11.2. The van der Waals surface area contributed by atoms with Gasteiger partial charge in [0.05, 0.1) is 18.9 Å². The summed E-state index contributed by atoms with van der Waals surface area (Å²) >= 11 is 0. The maximum absolute atomic E-state index is 5.61. The van der Waals surface area contributed by atoms with Gasteiger partial charge in [0.2, 0.25) is 0 Å². The van der Waals surface area contributed by atoms with Crippen molar-refractivity contribution in [2.24, 2.45) is 0 Å². The van der Waals surface area contributed by atoms with Crippen LogP contribution in [0.1, 0.15) is 11.9 Å². The topological polar surface area (TPSA) is 31.4 Å². The number of ether oxygens (including phenoxy) is 2. The highest BCUT2D eigenvalue weighted by Gasteiger charge is 2.13. The first-order valence-electron chi connectivity index (χ1n) is 6.33. The third-order valence-electron chi connectivity index (χ3n) is 3.00. The minimum atomic E-state index is -0.284. The molecule has 2 heterocycles. The van der Waals surface area contributed by atoms with Gasteiger partial charge in [-0.05, 0) is 12.1 Å². The summed E-state index contributed by atoms with van der Waals surface area (Å²) in [5, 5.41) is 0. The molecule has 1 aliphatic heterocycles. The molecule has 1 aliphatic rings. The number of hydrogen-bond donors (Lipinski definition) is 0. The summed E-state index contributed by atoms with van der Waals surface area (Å²) in [6.07, 6.45) is 5.46. The van der Waals surface area contributed by atoms with Gasteiger partial charge < -0.3 is 9.47 Å². The average molecular weight is 253 g/mol. The van der Waals surface area contributed by atoms with Crippen molar-refractivity contribution in [2.75, 3.05) is 13.2 Å². The van der Waals surface area contributed by atoms with Gasteiger partial charge in [-0.1, -0.05) is 42.5 Å². The lowest BCUT2D eigenvalue weighted by Crippen LogP contribution is -2.07. The van der Waals surface area contributed by atoms with E-state index in [4.69, 9.17) is 9.47 Å². The van der Waals surface area contributed by atoms with Crippen LogP contribution in [-0.2, 0) is 9.47 Å². The SMILES string of the molecule is C1=CCOC(c2ccc(-c3ccccn3)cc2)OC1. The maximum atomic E-state index is 5.61. The first kappa shape index (κ1) is 12.1. The molecule has 1 aromatic heterocycles. The number of aromatic nitrogens is 1. The van der Waals surface area contributed by atoms with Gasteiger partial charge in [0.25, 0.3) is 0 Å². The Bertz CT molecular complexity index is 539. The van der Waals surface area contributed by atoms with E-state index in [1.165, 1.54) is 0 Å². The number of nitrogens with zero attached hydrogens (tertiary/aromatic N) is 1. The molecule has 0 atom stereocenters. The number of benzene rings is 1. The predicted molar refractivity (Wildman–Crippen MR) is 73.5 cm³/mol. The van der Waals surface area contributed by atoms with Crippen LogP contribution in [0.5, 0.6) is 0 Å². The van der Waals surface area contributed by atoms with E-state index in [9.17, 15) is 0 Å². The summed E-state index contributed by atoms with van der Waals surface area (Å²) in [4.78, 5) is 4.33. The zero-order chi connectivity index (χ0) is 12.9. The Morgan fingerprint density at radius 1 is 0.895 bits per heavy atom. The molecule has 0 N–H and O–H groups in total. The second-order valence-electron chi connectivity index (χ2n) is 4.31. The van der Waals surface area contributed by atoms with Gasteiger partial charge in [0.15, 0.2) is 6.29 Å². The van der Waals surface area contributed by atoms with Gasteiger partial charge >= 0.3 is 0 Å². The first-order valence-corrected chi connectivity index (χ1v) is 6.33. The number of pyridine rings is 1. The van der Waals surface area contributed by atoms with Crippen LogP contribution in [0.15, 0.2) is 60.8 Å². The molecular formula is C16H15NO2. The van der Waals surface area contributed by atoms with Crippen molar-refractivity contribution in [3.8, 4) is 11.3 Å². The van der Waals surface area contributed by atoms with Crippen molar-refractivity contribution < 1.29 is 9.47 Å². The third kappa shape index (κ3) is 2.89. The molecule has 0 saturated carbocycles. The lowest BCUT2D eigenvalue weighted by molar-refractivity contribution is -0.125. The molecule has 0 saturated heterocycles. The molecule has 3 heteroatoms. The summed E-state index contributed by atoms with van der Waals surface area (Å²) in [6.45, 7) is 1.18. The first-order chi connectivity index (χ1) is 9.43. The van der Waals surface area contributed by atoms with Crippen molar-refractivity contribution in [3.63, 3.8) is 0 Å². The largest absolute Gasteiger partial charge is 0.344 e. The zero-order valence-electron chi connectivity index (χ0n) is 10.5. The van der Waals surface area contributed by atoms with E-state index in [1.807, 2.05) is 54.6 Å². The third-order valence-corrected chi connectivity index (χ3v) is 3.00. The van der Waals surface area contributed by atoms with E-state index in [0.717, 1.165) is 16.8 Å². The smallest absolute Gasteiger partial charge is 0.184 e. The highest BCUT2D eigenvalue weighted by atomic mass is 16.7. The van der Waals surface area contributed by atoms with Crippen molar-refractivity contribution in [1.29, 1.82) is 0 Å². The fraction of sp³-hybridized carbons (Fsp3) is 0.188. The Kier molecular flexibility index (Phi) is 3.68. The molecule has 19 heavy (non-hydrogen) atoms. The molecule has 0 radical (unpaired) electrons. The van der Waals surface area contributed by atoms with E-state index in [-0.39, 0.29) is 6.29 Å². The van der Waals surface area contributed by atoms with Crippen LogP contribution in [0, 0.1) is 0 Å². The Balaban J connectivity index is 1.79. The number of rotatable bonds is 2. The van der Waals surface area contributed by atoms with Gasteiger partial charge in [-0.2, -0.15) is 0 Å². The lowest BCUT2D eigenvalue weighted by Gasteiger charge is -2.15. The van der Waals surface area contributed by atoms with Gasteiger partial charge in [0.1, 0.15) is 0 Å². The van der Waals surface area contributed by atoms with E-state index >= 15 is 0 Å². The minimum Gasteiger partial charge on any atom is -0.344 e. The Labute approximate surface area is 112 Å². The maximum Gasteiger partial charge on any atom is 0.184 e. The molecule has 2 aromatic rings. The van der Waals surface area contributed by atoms with Gasteiger partial charge in [-0.25, -0.2) is 0 Å². The molecule has 0 spiro atoms. The second-order valence-corrected chi connectivity index (χ2v) is 4.31. The Morgan fingerprint density at radius 3 is 2.26 bits per heavy atom. The summed E-state index contributed by atoms with van der Waals surface area (Å²) in [7, 11) is 0. The molecule has 0 amide bonds. The molecule has 0 unspecified atom stereocenters. The molecule has 3 rings (SSSR count). The van der Waals surface area contributed by atoms with Gasteiger partial charge in [0, 0.05) is 17.3 Å². The summed E-state index contributed by atoms with van der Waals surface area (Å²) in [6, 6.07) is 14.0. The molecule has 1 aromatic carbocycles. The Hall–Kier alpha value is -1.97. The van der Waals surface area contributed by atoms with Crippen LogP contribution in [0.25, 0.3) is 11.3 Å². The highest BCUT2D eigenvalue weighted by Crippen LogP contribution is 2.24. The predicted octanol–water partition coefficient (Wildman–Crippen LogP) is 3.35. The summed E-state index contributed by atoms with van der Waals surface area (Å²) in [5.41, 5.74) is 3.10. The highest BCUT2D eigenvalue weighted by molar-refractivity contribution is 5.59. The van der Waals surface area contributed by atoms with Crippen LogP contribution in [0.4, 0.5) is 0 Å². The number of hydrogen-bond acceptors (Lipinski definition) is 3. The zero-order valence-corrected chi connectivity index (χ0v) is 10.5. The molecule has 0 bridgehead atoms. The van der Waals surface area contributed by atoms with E-state index in [2.05, 4.69) is 4.98 Å². The fourth-order valence-electron chi connectivity index (χ4n) is 2.01. The fourth-order valence-corrected chi connectivity index (χ4v) is 2.01. The molecule has 96 valence electrons. The van der Waals surface area contributed by atoms with Crippen LogP contribution in [0.2, 0.25) is 0 Å². The van der Waals surface area contributed by atoms with Crippen molar-refractivity contribution >= 4 is 0 Å².